The van der Waals surface area contributed by atoms with Gasteiger partial charge in [-0.3, -0.25) is 0 Å². The Kier molecular flexibility index (Phi) is 5.49. The molecule has 0 aliphatic rings. The van der Waals surface area contributed by atoms with E-state index in [-0.39, 0.29) is 0 Å². The Labute approximate surface area is 116 Å². The lowest BCUT2D eigenvalue weighted by atomic mass is 9.96. The number of ether oxygens (including phenoxy) is 1. The first kappa shape index (κ1) is 13.7. The smallest absolute Gasteiger partial charge is 0.119 e. The summed E-state index contributed by atoms with van der Waals surface area (Å²) in [5, 5.41) is 0. The minimum absolute atomic E-state index is 0.637. The van der Waals surface area contributed by atoms with E-state index in [0.717, 1.165) is 18.8 Å². The van der Waals surface area contributed by atoms with E-state index in [1.807, 2.05) is 30.3 Å². The summed E-state index contributed by atoms with van der Waals surface area (Å²) >= 11 is 0. The molecule has 0 N–H and O–H groups in total. The van der Waals surface area contributed by atoms with Gasteiger partial charge in [0.1, 0.15) is 5.75 Å². The molecule has 19 heavy (non-hydrogen) atoms. The SMILES string of the molecule is CC(CCCCOc1ccccc1)c1ccccc1. The fourth-order valence-electron chi connectivity index (χ4n) is 2.21. The predicted octanol–water partition coefficient (Wildman–Crippen LogP) is 5.04. The van der Waals surface area contributed by atoms with E-state index in [4.69, 9.17) is 4.74 Å². The number of benzene rings is 2. The zero-order valence-corrected chi connectivity index (χ0v) is 11.6. The largest absolute Gasteiger partial charge is 0.494 e. The highest BCUT2D eigenvalue weighted by molar-refractivity contribution is 5.21. The molecule has 0 saturated carbocycles. The van der Waals surface area contributed by atoms with Gasteiger partial charge >= 0.3 is 0 Å². The number of unbranched alkanes of at least 4 members (excludes halogenated alkanes) is 1. The zero-order chi connectivity index (χ0) is 13.3. The second kappa shape index (κ2) is 7.63. The molecule has 1 atom stereocenters. The summed E-state index contributed by atoms with van der Waals surface area (Å²) < 4.78 is 5.69. The van der Waals surface area contributed by atoms with Crippen LogP contribution in [0.15, 0.2) is 60.7 Å². The monoisotopic (exact) mass is 254 g/mol. The second-order valence-corrected chi connectivity index (χ2v) is 4.97. The van der Waals surface area contributed by atoms with Crippen molar-refractivity contribution in [1.29, 1.82) is 0 Å². The molecule has 0 heterocycles. The van der Waals surface area contributed by atoms with Crippen LogP contribution in [-0.2, 0) is 0 Å². The Morgan fingerprint density at radius 1 is 0.842 bits per heavy atom. The van der Waals surface area contributed by atoms with Gasteiger partial charge in [0.15, 0.2) is 0 Å². The summed E-state index contributed by atoms with van der Waals surface area (Å²) in [6.07, 6.45) is 3.55. The van der Waals surface area contributed by atoms with E-state index in [0.29, 0.717) is 5.92 Å². The lowest BCUT2D eigenvalue weighted by Crippen LogP contribution is -1.99. The Hall–Kier alpha value is -1.76. The third kappa shape index (κ3) is 4.78. The summed E-state index contributed by atoms with van der Waals surface area (Å²) in [5.74, 6) is 1.61. The molecule has 0 aliphatic carbocycles. The van der Waals surface area contributed by atoms with Crippen molar-refractivity contribution in [2.75, 3.05) is 6.61 Å². The van der Waals surface area contributed by atoms with Crippen LogP contribution < -0.4 is 4.74 Å². The molecule has 2 rings (SSSR count). The highest BCUT2D eigenvalue weighted by Gasteiger charge is 2.04. The van der Waals surface area contributed by atoms with Crippen molar-refractivity contribution in [2.24, 2.45) is 0 Å². The summed E-state index contributed by atoms with van der Waals surface area (Å²) in [6.45, 7) is 3.11. The van der Waals surface area contributed by atoms with Crippen molar-refractivity contribution in [2.45, 2.75) is 32.1 Å². The average molecular weight is 254 g/mol. The van der Waals surface area contributed by atoms with Crippen LogP contribution in [0.25, 0.3) is 0 Å². The van der Waals surface area contributed by atoms with Gasteiger partial charge in [-0.25, -0.2) is 0 Å². The maximum atomic E-state index is 5.69. The molecule has 0 aliphatic heterocycles. The Bertz CT molecular complexity index is 450. The third-order valence-electron chi connectivity index (χ3n) is 3.41. The van der Waals surface area contributed by atoms with Crippen molar-refractivity contribution in [3.05, 3.63) is 66.2 Å². The number of para-hydroxylation sites is 1. The van der Waals surface area contributed by atoms with Crippen LogP contribution in [0.2, 0.25) is 0 Å². The standard InChI is InChI=1S/C18H22O/c1-16(17-11-4-2-5-12-17)10-8-9-15-19-18-13-6-3-7-14-18/h2-7,11-14,16H,8-10,15H2,1H3. The van der Waals surface area contributed by atoms with Gasteiger partial charge in [0.2, 0.25) is 0 Å². The minimum Gasteiger partial charge on any atom is -0.494 e. The van der Waals surface area contributed by atoms with Crippen molar-refractivity contribution >= 4 is 0 Å². The fraction of sp³-hybridized carbons (Fsp3) is 0.333. The van der Waals surface area contributed by atoms with E-state index in [9.17, 15) is 0 Å². The first-order chi connectivity index (χ1) is 9.36. The van der Waals surface area contributed by atoms with Crippen molar-refractivity contribution in [1.82, 2.24) is 0 Å². The number of rotatable bonds is 7. The quantitative estimate of drug-likeness (QED) is 0.629. The van der Waals surface area contributed by atoms with Crippen LogP contribution in [0.5, 0.6) is 5.75 Å². The molecule has 0 bridgehead atoms. The van der Waals surface area contributed by atoms with Gasteiger partial charge in [0, 0.05) is 0 Å². The Morgan fingerprint density at radius 2 is 1.47 bits per heavy atom. The molecule has 1 nitrogen and oxygen atoms in total. The molecule has 0 radical (unpaired) electrons. The topological polar surface area (TPSA) is 9.23 Å². The molecule has 0 spiro atoms. The molecule has 0 aromatic heterocycles. The van der Waals surface area contributed by atoms with Crippen molar-refractivity contribution in [3.63, 3.8) is 0 Å². The highest BCUT2D eigenvalue weighted by Crippen LogP contribution is 2.21. The zero-order valence-electron chi connectivity index (χ0n) is 11.6. The van der Waals surface area contributed by atoms with Gasteiger partial charge in [-0.15, -0.1) is 0 Å². The van der Waals surface area contributed by atoms with Crippen LogP contribution in [-0.4, -0.2) is 6.61 Å². The highest BCUT2D eigenvalue weighted by atomic mass is 16.5. The lowest BCUT2D eigenvalue weighted by Gasteiger charge is -2.11. The predicted molar refractivity (Wildman–Crippen MR) is 80.6 cm³/mol. The minimum atomic E-state index is 0.637. The van der Waals surface area contributed by atoms with Gasteiger partial charge in [-0.2, -0.15) is 0 Å². The molecule has 100 valence electrons. The first-order valence-electron chi connectivity index (χ1n) is 7.09. The Balaban J connectivity index is 1.62. The summed E-state index contributed by atoms with van der Waals surface area (Å²) in [7, 11) is 0. The molecular weight excluding hydrogens is 232 g/mol. The molecule has 0 amide bonds. The van der Waals surface area contributed by atoms with Gasteiger partial charge in [-0.05, 0) is 42.9 Å². The van der Waals surface area contributed by atoms with Crippen molar-refractivity contribution in [3.8, 4) is 5.75 Å². The van der Waals surface area contributed by atoms with Crippen LogP contribution in [0.4, 0.5) is 0 Å². The number of hydrogen-bond donors (Lipinski definition) is 0. The average Bonchev–Trinajstić information content (AvgIpc) is 2.49. The maximum absolute atomic E-state index is 5.69. The van der Waals surface area contributed by atoms with E-state index in [1.54, 1.807) is 0 Å². The molecule has 0 saturated heterocycles. The van der Waals surface area contributed by atoms with E-state index in [1.165, 1.54) is 18.4 Å². The lowest BCUT2D eigenvalue weighted by molar-refractivity contribution is 0.303. The van der Waals surface area contributed by atoms with Gasteiger partial charge in [0.25, 0.3) is 0 Å². The van der Waals surface area contributed by atoms with Gasteiger partial charge in [-0.1, -0.05) is 55.5 Å². The Morgan fingerprint density at radius 3 is 2.16 bits per heavy atom. The van der Waals surface area contributed by atoms with E-state index < -0.39 is 0 Å². The van der Waals surface area contributed by atoms with E-state index in [2.05, 4.69) is 37.3 Å². The molecule has 0 fully saturated rings. The molecule has 1 heteroatoms. The first-order valence-corrected chi connectivity index (χ1v) is 7.09. The normalized spacial score (nSPS) is 12.1. The van der Waals surface area contributed by atoms with Crippen molar-refractivity contribution < 1.29 is 4.74 Å². The molecular formula is C18H22O. The van der Waals surface area contributed by atoms with Crippen LogP contribution in [0.3, 0.4) is 0 Å². The molecule has 2 aromatic carbocycles. The molecule has 1 unspecified atom stereocenters. The van der Waals surface area contributed by atoms with Gasteiger partial charge in [0.05, 0.1) is 6.61 Å². The summed E-state index contributed by atoms with van der Waals surface area (Å²) in [5.41, 5.74) is 1.44. The summed E-state index contributed by atoms with van der Waals surface area (Å²) in [6, 6.07) is 20.8. The fourth-order valence-corrected chi connectivity index (χ4v) is 2.21. The van der Waals surface area contributed by atoms with Crippen LogP contribution in [0.1, 0.15) is 37.7 Å². The van der Waals surface area contributed by atoms with E-state index >= 15 is 0 Å². The van der Waals surface area contributed by atoms with Crippen LogP contribution in [0, 0.1) is 0 Å². The second-order valence-electron chi connectivity index (χ2n) is 4.97. The third-order valence-corrected chi connectivity index (χ3v) is 3.41. The van der Waals surface area contributed by atoms with Crippen LogP contribution >= 0.6 is 0 Å². The maximum Gasteiger partial charge on any atom is 0.119 e. The number of hydrogen-bond acceptors (Lipinski definition) is 1. The molecule has 2 aromatic rings. The van der Waals surface area contributed by atoms with Gasteiger partial charge < -0.3 is 4.74 Å². The summed E-state index contributed by atoms with van der Waals surface area (Å²) in [4.78, 5) is 0.